The Morgan fingerprint density at radius 1 is 1.24 bits per heavy atom. The number of rotatable bonds is 7. The van der Waals surface area contributed by atoms with E-state index in [0.29, 0.717) is 12.1 Å². The Morgan fingerprint density at radius 2 is 2.00 bits per heavy atom. The Morgan fingerprint density at radius 3 is 2.59 bits per heavy atom. The van der Waals surface area contributed by atoms with E-state index in [-0.39, 0.29) is 0 Å². The molecule has 3 heteroatoms. The predicted molar refractivity (Wildman–Crippen MR) is 71.3 cm³/mol. The molecule has 3 unspecified atom stereocenters. The summed E-state index contributed by atoms with van der Waals surface area (Å²) >= 11 is 0. The number of ether oxygens (including phenoxy) is 2. The van der Waals surface area contributed by atoms with Crippen LogP contribution in [0, 0.1) is 11.8 Å². The van der Waals surface area contributed by atoms with Crippen molar-refractivity contribution >= 4 is 0 Å². The second-order valence-corrected chi connectivity index (χ2v) is 5.47. The average molecular weight is 243 g/mol. The Hall–Kier alpha value is -0.120. The summed E-state index contributed by atoms with van der Waals surface area (Å²) in [6, 6.07) is 0.535. The van der Waals surface area contributed by atoms with E-state index in [9.17, 15) is 0 Å². The van der Waals surface area contributed by atoms with Crippen molar-refractivity contribution in [3.8, 4) is 0 Å². The first-order valence-corrected chi connectivity index (χ1v) is 6.96. The van der Waals surface area contributed by atoms with Crippen molar-refractivity contribution in [3.63, 3.8) is 0 Å². The van der Waals surface area contributed by atoms with Crippen molar-refractivity contribution in [1.82, 2.24) is 5.32 Å². The fourth-order valence-corrected chi connectivity index (χ4v) is 2.72. The van der Waals surface area contributed by atoms with Gasteiger partial charge in [-0.1, -0.05) is 13.8 Å². The molecule has 0 radical (unpaired) electrons. The van der Waals surface area contributed by atoms with Crippen LogP contribution in [-0.4, -0.2) is 39.5 Å². The van der Waals surface area contributed by atoms with Crippen LogP contribution in [-0.2, 0) is 9.47 Å². The summed E-state index contributed by atoms with van der Waals surface area (Å²) in [6.07, 6.45) is 5.17. The van der Waals surface area contributed by atoms with Gasteiger partial charge in [0, 0.05) is 26.4 Å². The summed E-state index contributed by atoms with van der Waals surface area (Å²) in [6.45, 7) is 6.27. The fraction of sp³-hybridized carbons (Fsp3) is 1.00. The SMILES string of the molecule is CNC1CCC(C(C)C)CC1OCCCOC. The minimum Gasteiger partial charge on any atom is -0.385 e. The van der Waals surface area contributed by atoms with Gasteiger partial charge in [-0.3, -0.25) is 0 Å². The molecule has 1 saturated carbocycles. The lowest BCUT2D eigenvalue weighted by atomic mass is 9.78. The molecule has 0 aliphatic heterocycles. The summed E-state index contributed by atoms with van der Waals surface area (Å²) in [5, 5.41) is 3.40. The molecule has 0 bridgehead atoms. The maximum atomic E-state index is 6.03. The molecule has 17 heavy (non-hydrogen) atoms. The lowest BCUT2D eigenvalue weighted by Crippen LogP contribution is -2.45. The van der Waals surface area contributed by atoms with Crippen molar-refractivity contribution in [1.29, 1.82) is 0 Å². The van der Waals surface area contributed by atoms with Crippen LogP contribution in [0.5, 0.6) is 0 Å². The smallest absolute Gasteiger partial charge is 0.0730 e. The molecule has 102 valence electrons. The van der Waals surface area contributed by atoms with Gasteiger partial charge in [0.1, 0.15) is 0 Å². The Bertz CT molecular complexity index is 197. The molecule has 0 aromatic heterocycles. The van der Waals surface area contributed by atoms with E-state index >= 15 is 0 Å². The summed E-state index contributed by atoms with van der Waals surface area (Å²) in [5.74, 6) is 1.60. The number of hydrogen-bond donors (Lipinski definition) is 1. The zero-order chi connectivity index (χ0) is 12.7. The van der Waals surface area contributed by atoms with Crippen LogP contribution in [0.2, 0.25) is 0 Å². The van der Waals surface area contributed by atoms with Crippen molar-refractivity contribution in [2.45, 2.75) is 51.7 Å². The van der Waals surface area contributed by atoms with E-state index in [1.54, 1.807) is 7.11 Å². The van der Waals surface area contributed by atoms with E-state index in [4.69, 9.17) is 9.47 Å². The number of nitrogens with one attached hydrogen (secondary N) is 1. The van der Waals surface area contributed by atoms with Gasteiger partial charge in [0.2, 0.25) is 0 Å². The highest BCUT2D eigenvalue weighted by molar-refractivity contribution is 4.86. The minimum atomic E-state index is 0.387. The molecular weight excluding hydrogens is 214 g/mol. The van der Waals surface area contributed by atoms with Gasteiger partial charge in [0.05, 0.1) is 6.10 Å². The topological polar surface area (TPSA) is 30.5 Å². The lowest BCUT2D eigenvalue weighted by molar-refractivity contribution is -0.0208. The summed E-state index contributed by atoms with van der Waals surface area (Å²) in [7, 11) is 3.79. The van der Waals surface area contributed by atoms with Crippen LogP contribution in [0.1, 0.15) is 39.5 Å². The summed E-state index contributed by atoms with van der Waals surface area (Å²) in [5.41, 5.74) is 0. The number of hydrogen-bond acceptors (Lipinski definition) is 3. The van der Waals surface area contributed by atoms with E-state index in [0.717, 1.165) is 31.5 Å². The van der Waals surface area contributed by atoms with Gasteiger partial charge in [0.15, 0.2) is 0 Å². The van der Waals surface area contributed by atoms with Gasteiger partial charge in [-0.2, -0.15) is 0 Å². The van der Waals surface area contributed by atoms with Gasteiger partial charge in [-0.25, -0.2) is 0 Å². The lowest BCUT2D eigenvalue weighted by Gasteiger charge is -2.37. The first-order chi connectivity index (χ1) is 8.19. The molecule has 0 saturated heterocycles. The normalized spacial score (nSPS) is 29.8. The largest absolute Gasteiger partial charge is 0.385 e. The minimum absolute atomic E-state index is 0.387. The monoisotopic (exact) mass is 243 g/mol. The molecule has 0 aromatic carbocycles. The molecule has 1 N–H and O–H groups in total. The number of likely N-dealkylation sites (N-methyl/N-ethyl adjacent to an activating group) is 1. The van der Waals surface area contributed by atoms with Gasteiger partial charge >= 0.3 is 0 Å². The molecule has 0 spiro atoms. The zero-order valence-electron chi connectivity index (χ0n) is 11.9. The molecule has 3 atom stereocenters. The van der Waals surface area contributed by atoms with Gasteiger partial charge in [-0.15, -0.1) is 0 Å². The number of methoxy groups -OCH3 is 1. The Kier molecular flexibility index (Phi) is 7.09. The third-order valence-electron chi connectivity index (χ3n) is 3.97. The molecule has 0 amide bonds. The van der Waals surface area contributed by atoms with Crippen LogP contribution in [0.4, 0.5) is 0 Å². The third-order valence-corrected chi connectivity index (χ3v) is 3.97. The molecular formula is C14H29NO2. The van der Waals surface area contributed by atoms with Crippen LogP contribution < -0.4 is 5.32 Å². The zero-order valence-corrected chi connectivity index (χ0v) is 11.9. The Balaban J connectivity index is 2.34. The van der Waals surface area contributed by atoms with E-state index < -0.39 is 0 Å². The maximum Gasteiger partial charge on any atom is 0.0730 e. The van der Waals surface area contributed by atoms with Crippen molar-refractivity contribution in [3.05, 3.63) is 0 Å². The van der Waals surface area contributed by atoms with Crippen LogP contribution in [0.15, 0.2) is 0 Å². The fourth-order valence-electron chi connectivity index (χ4n) is 2.72. The first kappa shape index (κ1) is 14.9. The molecule has 1 aliphatic rings. The van der Waals surface area contributed by atoms with E-state index in [1.807, 2.05) is 7.05 Å². The molecule has 0 aromatic rings. The molecule has 1 aliphatic carbocycles. The third kappa shape index (κ3) is 4.94. The highest BCUT2D eigenvalue weighted by Crippen LogP contribution is 2.31. The maximum absolute atomic E-state index is 6.03. The molecule has 1 rings (SSSR count). The van der Waals surface area contributed by atoms with Crippen molar-refractivity contribution < 1.29 is 9.47 Å². The predicted octanol–water partition coefficient (Wildman–Crippen LogP) is 2.45. The van der Waals surface area contributed by atoms with Crippen molar-refractivity contribution in [2.24, 2.45) is 11.8 Å². The highest BCUT2D eigenvalue weighted by atomic mass is 16.5. The second kappa shape index (κ2) is 8.06. The van der Waals surface area contributed by atoms with Gasteiger partial charge in [0.25, 0.3) is 0 Å². The Labute approximate surface area is 106 Å². The van der Waals surface area contributed by atoms with E-state index in [1.165, 1.54) is 19.3 Å². The van der Waals surface area contributed by atoms with E-state index in [2.05, 4.69) is 19.2 Å². The standard InChI is InChI=1S/C14H29NO2/c1-11(2)12-6-7-13(15-3)14(10-12)17-9-5-8-16-4/h11-15H,5-10H2,1-4H3. The highest BCUT2D eigenvalue weighted by Gasteiger charge is 2.31. The second-order valence-electron chi connectivity index (χ2n) is 5.47. The molecule has 0 heterocycles. The van der Waals surface area contributed by atoms with Gasteiger partial charge in [-0.05, 0) is 44.6 Å². The van der Waals surface area contributed by atoms with Crippen LogP contribution in [0.25, 0.3) is 0 Å². The first-order valence-electron chi connectivity index (χ1n) is 6.96. The van der Waals surface area contributed by atoms with Crippen LogP contribution >= 0.6 is 0 Å². The summed E-state index contributed by atoms with van der Waals surface area (Å²) < 4.78 is 11.1. The quantitative estimate of drug-likeness (QED) is 0.697. The summed E-state index contributed by atoms with van der Waals surface area (Å²) in [4.78, 5) is 0. The average Bonchev–Trinajstić information content (AvgIpc) is 2.34. The molecule has 1 fully saturated rings. The van der Waals surface area contributed by atoms with Crippen molar-refractivity contribution in [2.75, 3.05) is 27.4 Å². The van der Waals surface area contributed by atoms with Crippen LogP contribution in [0.3, 0.4) is 0 Å². The molecule has 3 nitrogen and oxygen atoms in total. The van der Waals surface area contributed by atoms with Gasteiger partial charge < -0.3 is 14.8 Å².